The van der Waals surface area contributed by atoms with Gasteiger partial charge in [-0.1, -0.05) is 36.4 Å². The topological polar surface area (TPSA) is 87.5 Å². The number of fused-ring (bicyclic) bond motifs is 3. The predicted molar refractivity (Wildman–Crippen MR) is 139 cm³/mol. The van der Waals surface area contributed by atoms with Crippen LogP contribution in [0.15, 0.2) is 71.7 Å². The number of aromatic nitrogens is 6. The largest absolute Gasteiger partial charge is 0.361 e. The van der Waals surface area contributed by atoms with E-state index in [0.717, 1.165) is 53.2 Å². The summed E-state index contributed by atoms with van der Waals surface area (Å²) in [5, 5.41) is 7.64. The molecule has 1 aliphatic rings. The molecule has 0 atom stereocenters. The Balaban J connectivity index is 1.28. The van der Waals surface area contributed by atoms with Crippen molar-refractivity contribution in [3.05, 3.63) is 88.6 Å². The van der Waals surface area contributed by atoms with Gasteiger partial charge in [0.15, 0.2) is 17.0 Å². The summed E-state index contributed by atoms with van der Waals surface area (Å²) in [6, 6.07) is 18.7. The Kier molecular flexibility index (Phi) is 4.73. The number of thiophene rings is 1. The van der Waals surface area contributed by atoms with Crippen molar-refractivity contribution in [1.29, 1.82) is 0 Å². The first-order chi connectivity index (χ1) is 17.3. The Morgan fingerprint density at radius 1 is 0.971 bits per heavy atom. The van der Waals surface area contributed by atoms with Gasteiger partial charge in [-0.2, -0.15) is 21.3 Å². The molecule has 1 aliphatic heterocycles. The van der Waals surface area contributed by atoms with Crippen LogP contribution in [0.5, 0.6) is 0 Å². The van der Waals surface area contributed by atoms with E-state index < -0.39 is 0 Å². The molecule has 172 valence electrons. The fourth-order valence-electron chi connectivity index (χ4n) is 4.66. The average molecular weight is 479 g/mol. The molecule has 0 saturated carbocycles. The summed E-state index contributed by atoms with van der Waals surface area (Å²) in [4.78, 5) is 25.0. The van der Waals surface area contributed by atoms with Crippen LogP contribution in [0.3, 0.4) is 0 Å². The number of rotatable bonds is 5. The number of hydrogen-bond donors (Lipinski definition) is 2. The summed E-state index contributed by atoms with van der Waals surface area (Å²) in [5.74, 6) is 2.26. The molecule has 0 bridgehead atoms. The summed E-state index contributed by atoms with van der Waals surface area (Å²) < 4.78 is 2.03. The van der Waals surface area contributed by atoms with E-state index in [1.807, 2.05) is 35.2 Å². The fraction of sp³-hybridized carbons (Fsp3) is 0.154. The molecule has 2 N–H and O–H groups in total. The van der Waals surface area contributed by atoms with Gasteiger partial charge in [-0.25, -0.2) is 9.97 Å². The Bertz CT molecular complexity index is 1620. The van der Waals surface area contributed by atoms with Crippen molar-refractivity contribution in [2.24, 2.45) is 0 Å². The highest BCUT2D eigenvalue weighted by Crippen LogP contribution is 2.28. The third-order valence-corrected chi connectivity index (χ3v) is 7.11. The SMILES string of the molecule is c1ccc2c(c1)CCN(c1nc(NCc3nc4ccccc4[nH]3)c3ncn(-c4ccsc4)c3n1)C2. The summed E-state index contributed by atoms with van der Waals surface area (Å²) in [6.07, 6.45) is 2.80. The first-order valence-electron chi connectivity index (χ1n) is 11.6. The van der Waals surface area contributed by atoms with Gasteiger partial charge in [0.2, 0.25) is 5.95 Å². The summed E-state index contributed by atoms with van der Waals surface area (Å²) in [5.41, 5.74) is 7.28. The number of anilines is 2. The molecule has 5 heterocycles. The smallest absolute Gasteiger partial charge is 0.229 e. The Morgan fingerprint density at radius 2 is 1.86 bits per heavy atom. The van der Waals surface area contributed by atoms with Crippen LogP contribution in [0.25, 0.3) is 27.9 Å². The minimum atomic E-state index is 0.508. The zero-order valence-corrected chi connectivity index (χ0v) is 19.7. The van der Waals surface area contributed by atoms with Crippen LogP contribution in [0.4, 0.5) is 11.8 Å². The second-order valence-electron chi connectivity index (χ2n) is 8.64. The Labute approximate surface area is 205 Å². The highest BCUT2D eigenvalue weighted by Gasteiger charge is 2.22. The molecule has 0 radical (unpaired) electrons. The number of nitrogens with zero attached hydrogens (tertiary/aromatic N) is 6. The maximum Gasteiger partial charge on any atom is 0.229 e. The molecule has 35 heavy (non-hydrogen) atoms. The lowest BCUT2D eigenvalue weighted by molar-refractivity contribution is 0.709. The van der Waals surface area contributed by atoms with Crippen molar-refractivity contribution in [3.8, 4) is 5.69 Å². The molecule has 8 nitrogen and oxygen atoms in total. The van der Waals surface area contributed by atoms with E-state index >= 15 is 0 Å². The number of benzene rings is 2. The molecule has 2 aromatic carbocycles. The molecular weight excluding hydrogens is 456 g/mol. The maximum atomic E-state index is 4.99. The van der Waals surface area contributed by atoms with Crippen LogP contribution in [0.2, 0.25) is 0 Å². The lowest BCUT2D eigenvalue weighted by Crippen LogP contribution is -2.32. The average Bonchev–Trinajstić information content (AvgIpc) is 3.66. The number of hydrogen-bond acceptors (Lipinski definition) is 7. The van der Waals surface area contributed by atoms with Gasteiger partial charge in [0.05, 0.1) is 23.3 Å². The number of para-hydroxylation sites is 2. The summed E-state index contributed by atoms with van der Waals surface area (Å²) in [6.45, 7) is 2.17. The molecule has 0 saturated heterocycles. The molecule has 6 aromatic rings. The van der Waals surface area contributed by atoms with E-state index in [2.05, 4.69) is 61.3 Å². The molecule has 7 rings (SSSR count). The zero-order valence-electron chi connectivity index (χ0n) is 18.8. The van der Waals surface area contributed by atoms with E-state index in [-0.39, 0.29) is 0 Å². The molecule has 0 spiro atoms. The van der Waals surface area contributed by atoms with Crippen LogP contribution in [0.1, 0.15) is 17.0 Å². The van der Waals surface area contributed by atoms with Gasteiger partial charge in [-0.15, -0.1) is 0 Å². The summed E-state index contributed by atoms with van der Waals surface area (Å²) >= 11 is 1.65. The predicted octanol–water partition coefficient (Wildman–Crippen LogP) is 4.93. The minimum absolute atomic E-state index is 0.508. The second kappa shape index (κ2) is 8.21. The van der Waals surface area contributed by atoms with Crippen LogP contribution < -0.4 is 10.2 Å². The van der Waals surface area contributed by atoms with Crippen molar-refractivity contribution in [2.45, 2.75) is 19.5 Å². The molecule has 0 amide bonds. The Hall–Kier alpha value is -4.24. The molecule has 9 heteroatoms. The van der Waals surface area contributed by atoms with Gasteiger partial charge in [0.1, 0.15) is 12.2 Å². The van der Waals surface area contributed by atoms with Gasteiger partial charge >= 0.3 is 0 Å². The second-order valence-corrected chi connectivity index (χ2v) is 9.42. The monoisotopic (exact) mass is 478 g/mol. The highest BCUT2D eigenvalue weighted by atomic mass is 32.1. The van der Waals surface area contributed by atoms with Gasteiger partial charge < -0.3 is 15.2 Å². The third-order valence-electron chi connectivity index (χ3n) is 6.44. The highest BCUT2D eigenvalue weighted by molar-refractivity contribution is 7.08. The number of nitrogens with one attached hydrogen (secondary N) is 2. The third kappa shape index (κ3) is 3.60. The Morgan fingerprint density at radius 3 is 2.74 bits per heavy atom. The van der Waals surface area contributed by atoms with Gasteiger partial charge in [-0.3, -0.25) is 4.57 Å². The van der Waals surface area contributed by atoms with E-state index in [4.69, 9.17) is 15.0 Å². The van der Waals surface area contributed by atoms with Crippen LogP contribution in [0, 0.1) is 0 Å². The van der Waals surface area contributed by atoms with Gasteiger partial charge in [-0.05, 0) is 41.1 Å². The van der Waals surface area contributed by atoms with E-state index in [0.29, 0.717) is 18.3 Å². The maximum absolute atomic E-state index is 4.99. The lowest BCUT2D eigenvalue weighted by Gasteiger charge is -2.29. The van der Waals surface area contributed by atoms with Crippen molar-refractivity contribution in [1.82, 2.24) is 29.5 Å². The first kappa shape index (κ1) is 20.2. The van der Waals surface area contributed by atoms with Crippen LogP contribution in [-0.4, -0.2) is 36.0 Å². The minimum Gasteiger partial charge on any atom is -0.361 e. The number of aromatic amines is 1. The van der Waals surface area contributed by atoms with Crippen molar-refractivity contribution >= 4 is 45.3 Å². The molecule has 4 aromatic heterocycles. The standard InChI is InChI=1S/C26H22N8S/c1-2-6-18-14-33(11-9-17(18)5-1)26-31-24(27-13-22-29-20-7-3-4-8-21(20)30-22)23-25(32-26)34(16-28-23)19-10-12-35-15-19/h1-8,10,12,15-16H,9,11,13-14H2,(H,29,30)(H,27,31,32). The normalized spacial score (nSPS) is 13.4. The molecular formula is C26H22N8S. The fourth-order valence-corrected chi connectivity index (χ4v) is 5.29. The molecule has 0 fully saturated rings. The number of imidazole rings is 2. The molecule has 0 aliphatic carbocycles. The van der Waals surface area contributed by atoms with E-state index in [9.17, 15) is 0 Å². The van der Waals surface area contributed by atoms with E-state index in [1.54, 1.807) is 11.3 Å². The van der Waals surface area contributed by atoms with E-state index in [1.165, 1.54) is 11.1 Å². The lowest BCUT2D eigenvalue weighted by atomic mass is 10.0. The van der Waals surface area contributed by atoms with Gasteiger partial charge in [0.25, 0.3) is 0 Å². The number of H-pyrrole nitrogens is 1. The van der Waals surface area contributed by atoms with Crippen molar-refractivity contribution in [2.75, 3.05) is 16.8 Å². The zero-order chi connectivity index (χ0) is 23.2. The van der Waals surface area contributed by atoms with Crippen molar-refractivity contribution < 1.29 is 0 Å². The van der Waals surface area contributed by atoms with Crippen molar-refractivity contribution in [3.63, 3.8) is 0 Å². The van der Waals surface area contributed by atoms with Gasteiger partial charge in [0, 0.05) is 18.5 Å². The van der Waals surface area contributed by atoms with Crippen LogP contribution >= 0.6 is 11.3 Å². The summed E-state index contributed by atoms with van der Waals surface area (Å²) in [7, 11) is 0. The van der Waals surface area contributed by atoms with Crippen LogP contribution in [-0.2, 0) is 19.5 Å². The quantitative estimate of drug-likeness (QED) is 0.365. The first-order valence-corrected chi connectivity index (χ1v) is 12.5. The molecule has 0 unspecified atom stereocenters.